The van der Waals surface area contributed by atoms with E-state index in [0.717, 1.165) is 36.3 Å². The molecular weight excluding hydrogens is 440 g/mol. The number of benzene rings is 1. The van der Waals surface area contributed by atoms with Crippen molar-refractivity contribution in [1.29, 1.82) is 0 Å². The number of aromatic nitrogens is 2. The molecule has 0 aliphatic carbocycles. The van der Waals surface area contributed by atoms with E-state index in [-0.39, 0.29) is 23.1 Å². The first-order chi connectivity index (χ1) is 15.7. The van der Waals surface area contributed by atoms with Crippen molar-refractivity contribution in [2.45, 2.75) is 45.6 Å². The van der Waals surface area contributed by atoms with Crippen molar-refractivity contribution in [2.24, 2.45) is 0 Å². The number of nitrogens with zero attached hydrogens (tertiary/aromatic N) is 4. The number of rotatable bonds is 3. The molecule has 3 aliphatic heterocycles. The molecule has 1 saturated heterocycles. The van der Waals surface area contributed by atoms with Crippen molar-refractivity contribution in [3.63, 3.8) is 0 Å². The first-order valence-corrected chi connectivity index (χ1v) is 11.7. The Morgan fingerprint density at radius 3 is 2.70 bits per heavy atom. The molecule has 2 aromatic rings. The number of carbonyl (C=O) groups is 2. The van der Waals surface area contributed by atoms with Crippen molar-refractivity contribution < 1.29 is 14.3 Å². The number of allylic oxidation sites excluding steroid dienone is 1. The van der Waals surface area contributed by atoms with Crippen molar-refractivity contribution in [3.8, 4) is 0 Å². The second kappa shape index (κ2) is 7.92. The number of hydrogen-bond donors (Lipinski definition) is 0. The van der Waals surface area contributed by atoms with Crippen LogP contribution in [-0.4, -0.2) is 53.5 Å². The van der Waals surface area contributed by atoms with E-state index in [1.165, 1.54) is 6.08 Å². The molecule has 1 atom stereocenters. The SMILES string of the molecule is Cc1nc(N2CCOCC2)ncc1C(=O)C=C1C(=O)N2c3c1cc(Cl)cc3C(C)CC2(C)C. The second-order valence-corrected chi connectivity index (χ2v) is 10.1. The van der Waals surface area contributed by atoms with Crippen LogP contribution in [-0.2, 0) is 9.53 Å². The molecule has 4 heterocycles. The Kier molecular flexibility index (Phi) is 5.29. The smallest absolute Gasteiger partial charge is 0.259 e. The lowest BCUT2D eigenvalue weighted by atomic mass is 9.80. The summed E-state index contributed by atoms with van der Waals surface area (Å²) in [7, 11) is 0. The van der Waals surface area contributed by atoms with Gasteiger partial charge in [-0.2, -0.15) is 0 Å². The molecule has 1 amide bonds. The zero-order valence-corrected chi connectivity index (χ0v) is 20.1. The molecule has 7 nitrogen and oxygen atoms in total. The molecule has 1 aromatic carbocycles. The van der Waals surface area contributed by atoms with Crippen LogP contribution in [0.4, 0.5) is 11.6 Å². The van der Waals surface area contributed by atoms with Crippen LogP contribution in [0.1, 0.15) is 60.3 Å². The molecule has 0 bridgehead atoms. The predicted molar refractivity (Wildman–Crippen MR) is 128 cm³/mol. The van der Waals surface area contributed by atoms with E-state index in [2.05, 4.69) is 30.7 Å². The Labute approximate surface area is 198 Å². The molecule has 0 N–H and O–H groups in total. The number of halogens is 1. The highest BCUT2D eigenvalue weighted by molar-refractivity contribution is 6.38. The van der Waals surface area contributed by atoms with E-state index in [9.17, 15) is 9.59 Å². The van der Waals surface area contributed by atoms with Gasteiger partial charge in [0.05, 0.1) is 35.7 Å². The lowest BCUT2D eigenvalue weighted by molar-refractivity contribution is -0.114. The molecule has 33 heavy (non-hydrogen) atoms. The minimum absolute atomic E-state index is 0.165. The van der Waals surface area contributed by atoms with Gasteiger partial charge in [0.2, 0.25) is 5.95 Å². The highest BCUT2D eigenvalue weighted by atomic mass is 35.5. The zero-order valence-electron chi connectivity index (χ0n) is 19.3. The van der Waals surface area contributed by atoms with Gasteiger partial charge in [0.15, 0.2) is 5.78 Å². The number of ether oxygens (including phenoxy) is 1. The summed E-state index contributed by atoms with van der Waals surface area (Å²) in [5, 5.41) is 0.567. The summed E-state index contributed by atoms with van der Waals surface area (Å²) in [6.07, 6.45) is 3.80. The maximum Gasteiger partial charge on any atom is 0.259 e. The van der Waals surface area contributed by atoms with Crippen LogP contribution in [0.2, 0.25) is 5.02 Å². The van der Waals surface area contributed by atoms with Crippen LogP contribution in [0.3, 0.4) is 0 Å². The van der Waals surface area contributed by atoms with Crippen LogP contribution >= 0.6 is 11.6 Å². The Balaban J connectivity index is 1.54. The van der Waals surface area contributed by atoms with Gasteiger partial charge in [-0.15, -0.1) is 0 Å². The minimum Gasteiger partial charge on any atom is -0.378 e. The van der Waals surface area contributed by atoms with E-state index in [1.807, 2.05) is 15.9 Å². The summed E-state index contributed by atoms with van der Waals surface area (Å²) in [6.45, 7) is 10.8. The first kappa shape index (κ1) is 22.0. The van der Waals surface area contributed by atoms with Crippen LogP contribution in [0.15, 0.2) is 24.4 Å². The van der Waals surface area contributed by atoms with E-state index in [0.29, 0.717) is 41.0 Å². The van der Waals surface area contributed by atoms with Gasteiger partial charge in [0.25, 0.3) is 5.91 Å². The quantitative estimate of drug-likeness (QED) is 0.499. The maximum absolute atomic E-state index is 13.5. The Morgan fingerprint density at radius 1 is 1.27 bits per heavy atom. The summed E-state index contributed by atoms with van der Waals surface area (Å²) < 4.78 is 5.38. The molecular formula is C25H27ClN4O3. The monoisotopic (exact) mass is 466 g/mol. The highest BCUT2D eigenvalue weighted by Crippen LogP contribution is 2.52. The van der Waals surface area contributed by atoms with Crippen LogP contribution in [0, 0.1) is 6.92 Å². The van der Waals surface area contributed by atoms with Gasteiger partial charge in [0.1, 0.15) is 0 Å². The van der Waals surface area contributed by atoms with Gasteiger partial charge in [-0.1, -0.05) is 18.5 Å². The predicted octanol–water partition coefficient (Wildman–Crippen LogP) is 4.17. The Hall–Kier alpha value is -2.77. The second-order valence-electron chi connectivity index (χ2n) is 9.64. The van der Waals surface area contributed by atoms with Crippen molar-refractivity contribution in [3.05, 3.63) is 51.8 Å². The fourth-order valence-corrected chi connectivity index (χ4v) is 5.50. The summed E-state index contributed by atoms with van der Waals surface area (Å²) in [5.74, 6) is 0.396. The number of morpholine rings is 1. The molecule has 8 heteroatoms. The minimum atomic E-state index is -0.358. The molecule has 0 spiro atoms. The summed E-state index contributed by atoms with van der Waals surface area (Å²) in [5.41, 5.74) is 3.64. The largest absolute Gasteiger partial charge is 0.378 e. The maximum atomic E-state index is 13.5. The van der Waals surface area contributed by atoms with Crippen molar-refractivity contribution in [1.82, 2.24) is 9.97 Å². The number of carbonyl (C=O) groups excluding carboxylic acids is 2. The average molecular weight is 467 g/mol. The average Bonchev–Trinajstić information content (AvgIpc) is 3.04. The van der Waals surface area contributed by atoms with Crippen molar-refractivity contribution >= 4 is 40.5 Å². The van der Waals surface area contributed by atoms with Gasteiger partial charge in [-0.3, -0.25) is 9.59 Å². The van der Waals surface area contributed by atoms with Crippen molar-refractivity contribution in [2.75, 3.05) is 36.1 Å². The van der Waals surface area contributed by atoms with E-state index in [4.69, 9.17) is 16.3 Å². The standard InChI is InChI=1S/C25H27ClN4O3/c1-14-12-25(3,4)30-22-17(14)9-16(26)10-18(22)19(23(30)32)11-21(31)20-13-27-24(28-15(20)2)29-5-7-33-8-6-29/h9-11,13-14H,5-8,12H2,1-4H3. The fourth-order valence-electron chi connectivity index (χ4n) is 5.28. The zero-order chi connectivity index (χ0) is 23.5. The number of anilines is 2. The summed E-state index contributed by atoms with van der Waals surface area (Å²) in [4.78, 5) is 39.7. The molecule has 5 rings (SSSR count). The lowest BCUT2D eigenvalue weighted by Gasteiger charge is -2.43. The summed E-state index contributed by atoms with van der Waals surface area (Å²) >= 11 is 6.42. The number of ketones is 1. The highest BCUT2D eigenvalue weighted by Gasteiger charge is 2.47. The third kappa shape index (κ3) is 3.63. The van der Waals surface area contributed by atoms with E-state index < -0.39 is 0 Å². The van der Waals surface area contributed by atoms with Gasteiger partial charge >= 0.3 is 0 Å². The number of amides is 1. The fraction of sp³-hybridized carbons (Fsp3) is 0.440. The van der Waals surface area contributed by atoms with Gasteiger partial charge in [-0.25, -0.2) is 9.97 Å². The Bertz CT molecular complexity index is 1200. The van der Waals surface area contributed by atoms with E-state index >= 15 is 0 Å². The number of hydrogen-bond acceptors (Lipinski definition) is 6. The number of aryl methyl sites for hydroxylation is 1. The molecule has 0 saturated carbocycles. The van der Waals surface area contributed by atoms with Crippen LogP contribution in [0.5, 0.6) is 0 Å². The third-order valence-electron chi connectivity index (χ3n) is 6.79. The molecule has 1 unspecified atom stereocenters. The van der Waals surface area contributed by atoms with Gasteiger partial charge in [0, 0.05) is 35.4 Å². The van der Waals surface area contributed by atoms with Gasteiger partial charge in [-0.05, 0) is 56.9 Å². The summed E-state index contributed by atoms with van der Waals surface area (Å²) in [6, 6.07) is 3.73. The molecule has 3 aliphatic rings. The van der Waals surface area contributed by atoms with Gasteiger partial charge < -0.3 is 14.5 Å². The molecule has 172 valence electrons. The normalized spacial score (nSPS) is 22.6. The lowest BCUT2D eigenvalue weighted by Crippen LogP contribution is -2.49. The molecule has 1 fully saturated rings. The van der Waals surface area contributed by atoms with Crippen LogP contribution in [0.25, 0.3) is 5.57 Å². The van der Waals surface area contributed by atoms with E-state index in [1.54, 1.807) is 19.2 Å². The third-order valence-corrected chi connectivity index (χ3v) is 7.01. The first-order valence-electron chi connectivity index (χ1n) is 11.3. The molecule has 0 radical (unpaired) electrons. The van der Waals surface area contributed by atoms with Crippen LogP contribution < -0.4 is 9.80 Å². The Morgan fingerprint density at radius 2 is 2.00 bits per heavy atom. The topological polar surface area (TPSA) is 75.6 Å². The molecule has 1 aromatic heterocycles.